The topological polar surface area (TPSA) is 19.4 Å². The summed E-state index contributed by atoms with van der Waals surface area (Å²) in [6.45, 7) is 16.0. The van der Waals surface area contributed by atoms with Gasteiger partial charge in [-0.3, -0.25) is 14.8 Å². The van der Waals surface area contributed by atoms with Gasteiger partial charge in [0.05, 0.1) is 6.67 Å². The zero-order chi connectivity index (χ0) is 19.8. The van der Waals surface area contributed by atoms with Crippen molar-refractivity contribution in [2.24, 2.45) is 29.6 Å². The first-order valence-corrected chi connectivity index (χ1v) is 11.8. The molecule has 3 nitrogen and oxygen atoms in total. The van der Waals surface area contributed by atoms with Gasteiger partial charge in [0.2, 0.25) is 0 Å². The molecule has 3 heteroatoms. The maximum atomic E-state index is 4.79. The van der Waals surface area contributed by atoms with Crippen molar-refractivity contribution in [2.45, 2.75) is 78.3 Å². The Morgan fingerprint density at radius 1 is 0.750 bits per heavy atom. The van der Waals surface area contributed by atoms with Crippen LogP contribution in [0.2, 0.25) is 0 Å². The summed E-state index contributed by atoms with van der Waals surface area (Å²) in [5.41, 5.74) is 1.32. The summed E-state index contributed by atoms with van der Waals surface area (Å²) >= 11 is 0. The molecule has 0 bridgehead atoms. The van der Waals surface area contributed by atoms with Crippen molar-refractivity contribution < 1.29 is 0 Å². The fraction of sp³-hybridized carbons (Fsp3) is 0.800. The summed E-state index contributed by atoms with van der Waals surface area (Å²) in [4.78, 5) is 10.5. The van der Waals surface area contributed by atoms with Crippen molar-refractivity contribution in [3.63, 3.8) is 0 Å². The van der Waals surface area contributed by atoms with Gasteiger partial charge in [0.1, 0.15) is 0 Å². The van der Waals surface area contributed by atoms with Crippen molar-refractivity contribution in [1.82, 2.24) is 14.8 Å². The molecule has 0 amide bonds. The maximum Gasteiger partial charge on any atom is 0.0513 e. The molecule has 6 atom stereocenters. The van der Waals surface area contributed by atoms with E-state index in [4.69, 9.17) is 4.98 Å². The predicted octanol–water partition coefficient (Wildman–Crippen LogP) is 5.25. The molecule has 0 spiro atoms. The van der Waals surface area contributed by atoms with Crippen LogP contribution in [0.15, 0.2) is 24.4 Å². The van der Waals surface area contributed by atoms with Gasteiger partial charge in [-0.2, -0.15) is 0 Å². The van der Waals surface area contributed by atoms with E-state index in [1.807, 2.05) is 6.20 Å². The van der Waals surface area contributed by atoms with E-state index in [0.717, 1.165) is 35.6 Å². The minimum absolute atomic E-state index is 0.584. The standard InChI is InChI=1S/C25H41N3/c1-17-12-19(3)24(20(4)13-17)27-10-11-28(16-27)25-21(5)14-18(2)15-22(25)23-8-6-7-9-26-23/h6-9,17-22,24-25H,10-16H2,1-5H3/t17?,18-,19+,20+,21-,22+,24?,25+/m0/s1. The van der Waals surface area contributed by atoms with Gasteiger partial charge in [-0.1, -0.05) is 40.7 Å². The molecule has 156 valence electrons. The minimum Gasteiger partial charge on any atom is -0.286 e. The second-order valence-electron chi connectivity index (χ2n) is 10.7. The van der Waals surface area contributed by atoms with E-state index in [2.05, 4.69) is 62.6 Å². The predicted molar refractivity (Wildman–Crippen MR) is 117 cm³/mol. The van der Waals surface area contributed by atoms with E-state index in [0.29, 0.717) is 12.0 Å². The van der Waals surface area contributed by atoms with E-state index >= 15 is 0 Å². The van der Waals surface area contributed by atoms with Crippen LogP contribution < -0.4 is 0 Å². The number of pyridine rings is 1. The van der Waals surface area contributed by atoms with Crippen LogP contribution in [0.25, 0.3) is 0 Å². The van der Waals surface area contributed by atoms with Crippen molar-refractivity contribution in [3.8, 4) is 0 Å². The molecule has 0 aromatic carbocycles. The lowest BCUT2D eigenvalue weighted by atomic mass is 9.71. The van der Waals surface area contributed by atoms with Crippen molar-refractivity contribution in [3.05, 3.63) is 30.1 Å². The lowest BCUT2D eigenvalue weighted by Crippen LogP contribution is -2.50. The Hall–Kier alpha value is -0.930. The molecule has 4 rings (SSSR count). The van der Waals surface area contributed by atoms with E-state index in [1.165, 1.54) is 51.1 Å². The van der Waals surface area contributed by atoms with Gasteiger partial charge < -0.3 is 0 Å². The van der Waals surface area contributed by atoms with E-state index in [-0.39, 0.29) is 0 Å². The van der Waals surface area contributed by atoms with Gasteiger partial charge in [0.15, 0.2) is 0 Å². The monoisotopic (exact) mass is 383 g/mol. The van der Waals surface area contributed by atoms with Gasteiger partial charge in [-0.25, -0.2) is 0 Å². The fourth-order valence-corrected chi connectivity index (χ4v) is 7.39. The molecule has 28 heavy (non-hydrogen) atoms. The Morgan fingerprint density at radius 3 is 1.93 bits per heavy atom. The van der Waals surface area contributed by atoms with E-state index < -0.39 is 0 Å². The molecule has 1 aliphatic heterocycles. The second-order valence-corrected chi connectivity index (χ2v) is 10.7. The number of rotatable bonds is 3. The third-order valence-corrected chi connectivity index (χ3v) is 8.09. The van der Waals surface area contributed by atoms with Crippen LogP contribution in [0, 0.1) is 29.6 Å². The second kappa shape index (κ2) is 8.44. The summed E-state index contributed by atoms with van der Waals surface area (Å²) in [5, 5.41) is 0. The largest absolute Gasteiger partial charge is 0.286 e. The first kappa shape index (κ1) is 20.3. The molecule has 1 saturated heterocycles. The Bertz CT molecular complexity index is 620. The van der Waals surface area contributed by atoms with Crippen LogP contribution >= 0.6 is 0 Å². The highest BCUT2D eigenvalue weighted by molar-refractivity contribution is 5.15. The molecule has 1 aromatic rings. The van der Waals surface area contributed by atoms with Crippen LogP contribution in [-0.4, -0.2) is 46.6 Å². The number of hydrogen-bond donors (Lipinski definition) is 0. The number of nitrogens with zero attached hydrogens (tertiary/aromatic N) is 3. The van der Waals surface area contributed by atoms with Crippen LogP contribution in [-0.2, 0) is 0 Å². The highest BCUT2D eigenvalue weighted by Crippen LogP contribution is 2.43. The summed E-state index contributed by atoms with van der Waals surface area (Å²) in [6.07, 6.45) is 7.44. The summed E-state index contributed by atoms with van der Waals surface area (Å²) in [6, 6.07) is 7.91. The Morgan fingerprint density at radius 2 is 1.32 bits per heavy atom. The summed E-state index contributed by atoms with van der Waals surface area (Å²) in [5.74, 6) is 4.69. The van der Waals surface area contributed by atoms with Crippen LogP contribution in [0.3, 0.4) is 0 Å². The average molecular weight is 384 g/mol. The zero-order valence-corrected chi connectivity index (χ0v) is 18.7. The summed E-state index contributed by atoms with van der Waals surface area (Å²) in [7, 11) is 0. The third-order valence-electron chi connectivity index (χ3n) is 8.09. The Balaban J connectivity index is 1.51. The molecule has 3 fully saturated rings. The lowest BCUT2D eigenvalue weighted by Gasteiger charge is -2.46. The third kappa shape index (κ3) is 4.03. The van der Waals surface area contributed by atoms with Gasteiger partial charge in [0, 0.05) is 43.0 Å². The van der Waals surface area contributed by atoms with E-state index in [1.54, 1.807) is 0 Å². The Labute approximate surface area is 172 Å². The highest BCUT2D eigenvalue weighted by atomic mass is 15.4. The van der Waals surface area contributed by atoms with Crippen molar-refractivity contribution in [1.29, 1.82) is 0 Å². The van der Waals surface area contributed by atoms with Gasteiger partial charge in [0.25, 0.3) is 0 Å². The van der Waals surface area contributed by atoms with Crippen LogP contribution in [0.1, 0.15) is 71.9 Å². The number of hydrogen-bond acceptors (Lipinski definition) is 3. The molecule has 0 N–H and O–H groups in total. The average Bonchev–Trinajstić information content (AvgIpc) is 3.10. The molecule has 2 heterocycles. The Kier molecular flexibility index (Phi) is 6.13. The van der Waals surface area contributed by atoms with E-state index in [9.17, 15) is 0 Å². The number of aromatic nitrogens is 1. The van der Waals surface area contributed by atoms with Crippen molar-refractivity contribution >= 4 is 0 Å². The quantitative estimate of drug-likeness (QED) is 0.711. The fourth-order valence-electron chi connectivity index (χ4n) is 7.39. The normalized spacial score (nSPS) is 43.3. The smallest absolute Gasteiger partial charge is 0.0513 e. The van der Waals surface area contributed by atoms with Gasteiger partial charge in [-0.15, -0.1) is 0 Å². The van der Waals surface area contributed by atoms with Crippen LogP contribution in [0.4, 0.5) is 0 Å². The molecule has 0 radical (unpaired) electrons. The SMILES string of the molecule is CC1C[C@@H](C)C(N2CCN([C@H]3[C@@H](c4ccccn4)C[C@@H](C)C[C@@H]3C)C2)[C@H](C)C1. The zero-order valence-electron chi connectivity index (χ0n) is 18.7. The van der Waals surface area contributed by atoms with Gasteiger partial charge >= 0.3 is 0 Å². The minimum atomic E-state index is 0.584. The molecule has 1 aromatic heterocycles. The van der Waals surface area contributed by atoms with Crippen molar-refractivity contribution in [2.75, 3.05) is 19.8 Å². The highest BCUT2D eigenvalue weighted by Gasteiger charge is 2.44. The molecule has 2 aliphatic carbocycles. The maximum absolute atomic E-state index is 4.79. The molecule has 0 unspecified atom stereocenters. The van der Waals surface area contributed by atoms with Crippen LogP contribution in [0.5, 0.6) is 0 Å². The molecular formula is C25H41N3. The van der Waals surface area contributed by atoms with Gasteiger partial charge in [-0.05, 0) is 67.4 Å². The summed E-state index contributed by atoms with van der Waals surface area (Å²) < 4.78 is 0. The first-order valence-electron chi connectivity index (χ1n) is 11.8. The lowest BCUT2D eigenvalue weighted by molar-refractivity contribution is 0.0296. The molecular weight excluding hydrogens is 342 g/mol. The molecule has 3 aliphatic rings. The first-order chi connectivity index (χ1) is 13.4. The molecule has 2 saturated carbocycles.